The zero-order valence-electron chi connectivity index (χ0n) is 18.0. The van der Waals surface area contributed by atoms with Crippen LogP contribution < -0.4 is 10.3 Å². The Kier molecular flexibility index (Phi) is 5.30. The number of aromatic nitrogens is 4. The van der Waals surface area contributed by atoms with Crippen molar-refractivity contribution in [3.05, 3.63) is 30.6 Å². The normalized spacial score (nSPS) is 18.3. The summed E-state index contributed by atoms with van der Waals surface area (Å²) in [6.45, 7) is 2.77. The summed E-state index contributed by atoms with van der Waals surface area (Å²) in [5, 5.41) is 11.0. The Morgan fingerprint density at radius 2 is 2.03 bits per heavy atom. The Hall–Kier alpha value is -3.05. The molecule has 5 rings (SSSR count). The van der Waals surface area contributed by atoms with E-state index in [0.717, 1.165) is 48.4 Å². The maximum atomic E-state index is 11.2. The van der Waals surface area contributed by atoms with Gasteiger partial charge in [-0.15, -0.1) is 5.10 Å². The lowest BCUT2D eigenvalue weighted by Crippen LogP contribution is -2.49. The number of nitrogens with one attached hydrogen (secondary N) is 1. The van der Waals surface area contributed by atoms with Crippen molar-refractivity contribution in [3.63, 3.8) is 0 Å². The van der Waals surface area contributed by atoms with Crippen LogP contribution in [0.15, 0.2) is 40.7 Å². The summed E-state index contributed by atoms with van der Waals surface area (Å²) in [6, 6.07) is 5.25. The predicted octanol–water partition coefficient (Wildman–Crippen LogP) is 3.61. The molecule has 0 bridgehead atoms. The SMILES string of the molecule is CCN1N=C(OC)C2(CCCCC2)n2c1cc1cnc(Nc3ccc(S(=O)O)nc3)nc12. The van der Waals surface area contributed by atoms with Crippen LogP contribution in [0.2, 0.25) is 0 Å². The molecule has 2 aliphatic rings. The monoisotopic (exact) mass is 455 g/mol. The van der Waals surface area contributed by atoms with Gasteiger partial charge in [-0.25, -0.2) is 19.2 Å². The lowest BCUT2D eigenvalue weighted by atomic mass is 9.80. The number of hydrogen-bond donors (Lipinski definition) is 2. The quantitative estimate of drug-likeness (QED) is 0.573. The summed E-state index contributed by atoms with van der Waals surface area (Å²) < 4.78 is 28.4. The van der Waals surface area contributed by atoms with E-state index in [4.69, 9.17) is 19.4 Å². The number of rotatable bonds is 4. The van der Waals surface area contributed by atoms with Gasteiger partial charge >= 0.3 is 0 Å². The summed E-state index contributed by atoms with van der Waals surface area (Å²) in [6.07, 6.45) is 8.60. The molecule has 168 valence electrons. The second-order valence-electron chi connectivity index (χ2n) is 7.99. The summed E-state index contributed by atoms with van der Waals surface area (Å²) in [4.78, 5) is 13.3. The molecule has 3 aromatic heterocycles. The van der Waals surface area contributed by atoms with E-state index in [1.807, 2.05) is 5.01 Å². The molecular weight excluding hydrogens is 430 g/mol. The van der Waals surface area contributed by atoms with Gasteiger partial charge in [-0.05, 0) is 38.0 Å². The number of ether oxygens (including phenoxy) is 1. The molecule has 1 spiro atoms. The van der Waals surface area contributed by atoms with Gasteiger partial charge < -0.3 is 14.6 Å². The predicted molar refractivity (Wildman–Crippen MR) is 123 cm³/mol. The lowest BCUT2D eigenvalue weighted by Gasteiger charge is -2.43. The molecule has 1 fully saturated rings. The van der Waals surface area contributed by atoms with Crippen LogP contribution in [0.5, 0.6) is 0 Å². The molecule has 1 saturated carbocycles. The highest BCUT2D eigenvalue weighted by Crippen LogP contribution is 2.45. The Balaban J connectivity index is 1.60. The van der Waals surface area contributed by atoms with Gasteiger partial charge in [0.05, 0.1) is 19.0 Å². The molecule has 0 saturated heterocycles. The maximum absolute atomic E-state index is 11.2. The van der Waals surface area contributed by atoms with Gasteiger partial charge in [-0.2, -0.15) is 4.98 Å². The molecule has 1 atom stereocenters. The minimum absolute atomic E-state index is 0.0952. The molecule has 1 unspecified atom stereocenters. The third-order valence-electron chi connectivity index (χ3n) is 6.17. The fourth-order valence-corrected chi connectivity index (χ4v) is 5.05. The number of hydrogen-bond acceptors (Lipinski definition) is 8. The van der Waals surface area contributed by atoms with E-state index >= 15 is 0 Å². The third-order valence-corrected chi connectivity index (χ3v) is 6.77. The van der Waals surface area contributed by atoms with E-state index in [1.54, 1.807) is 19.4 Å². The van der Waals surface area contributed by atoms with E-state index < -0.39 is 11.1 Å². The minimum Gasteiger partial charge on any atom is -0.481 e. The van der Waals surface area contributed by atoms with Crippen LogP contribution in [0.25, 0.3) is 11.0 Å². The van der Waals surface area contributed by atoms with Crippen molar-refractivity contribution in [2.45, 2.75) is 49.6 Å². The molecule has 2 N–H and O–H groups in total. The average Bonchev–Trinajstić information content (AvgIpc) is 3.20. The van der Waals surface area contributed by atoms with Crippen LogP contribution in [0.3, 0.4) is 0 Å². The third kappa shape index (κ3) is 3.32. The topological polar surface area (TPSA) is 118 Å². The maximum Gasteiger partial charge on any atom is 0.232 e. The largest absolute Gasteiger partial charge is 0.481 e. The molecule has 1 aliphatic heterocycles. The minimum atomic E-state index is -2.12. The fourth-order valence-electron chi connectivity index (χ4n) is 4.72. The van der Waals surface area contributed by atoms with Crippen LogP contribution in [-0.4, -0.2) is 47.8 Å². The van der Waals surface area contributed by atoms with Crippen molar-refractivity contribution in [1.29, 1.82) is 0 Å². The number of anilines is 3. The Morgan fingerprint density at radius 1 is 1.22 bits per heavy atom. The van der Waals surface area contributed by atoms with Crippen LogP contribution in [0.1, 0.15) is 39.0 Å². The molecule has 3 aromatic rings. The smallest absolute Gasteiger partial charge is 0.232 e. The number of nitrogens with zero attached hydrogens (tertiary/aromatic N) is 6. The van der Waals surface area contributed by atoms with Crippen molar-refractivity contribution in [3.8, 4) is 0 Å². The van der Waals surface area contributed by atoms with Gasteiger partial charge in [0, 0.05) is 18.1 Å². The molecule has 0 aromatic carbocycles. The van der Waals surface area contributed by atoms with Crippen LogP contribution in [0.4, 0.5) is 17.5 Å². The molecule has 0 amide bonds. The fraction of sp³-hybridized carbons (Fsp3) is 0.429. The lowest BCUT2D eigenvalue weighted by molar-refractivity contribution is 0.221. The highest BCUT2D eigenvalue weighted by atomic mass is 32.2. The van der Waals surface area contributed by atoms with Gasteiger partial charge in [-0.1, -0.05) is 19.3 Å². The van der Waals surface area contributed by atoms with Crippen molar-refractivity contribution < 1.29 is 13.5 Å². The van der Waals surface area contributed by atoms with E-state index in [0.29, 0.717) is 18.2 Å². The van der Waals surface area contributed by atoms with Gasteiger partial charge in [0.15, 0.2) is 5.03 Å². The molecule has 32 heavy (non-hydrogen) atoms. The second-order valence-corrected chi connectivity index (χ2v) is 8.90. The van der Waals surface area contributed by atoms with Crippen molar-refractivity contribution in [2.24, 2.45) is 5.10 Å². The first kappa shape index (κ1) is 20.8. The number of fused-ring (bicyclic) bond motifs is 4. The number of methoxy groups -OCH3 is 1. The molecule has 1 aliphatic carbocycles. The molecule has 11 heteroatoms. The Bertz CT molecular complexity index is 1200. The second kappa shape index (κ2) is 8.14. The van der Waals surface area contributed by atoms with E-state index in [-0.39, 0.29) is 10.6 Å². The van der Waals surface area contributed by atoms with Gasteiger partial charge in [-0.3, -0.25) is 4.57 Å². The Morgan fingerprint density at radius 3 is 2.69 bits per heavy atom. The van der Waals surface area contributed by atoms with Crippen molar-refractivity contribution >= 4 is 45.5 Å². The summed E-state index contributed by atoms with van der Waals surface area (Å²) in [5.74, 6) is 2.15. The van der Waals surface area contributed by atoms with Gasteiger partial charge in [0.2, 0.25) is 22.9 Å². The first-order chi connectivity index (χ1) is 15.6. The number of hydrazone groups is 1. The van der Waals surface area contributed by atoms with Crippen molar-refractivity contribution in [2.75, 3.05) is 24.0 Å². The molecular formula is C21H25N7O3S. The first-order valence-corrected chi connectivity index (χ1v) is 11.8. The number of pyridine rings is 1. The van der Waals surface area contributed by atoms with E-state index in [9.17, 15) is 4.21 Å². The van der Waals surface area contributed by atoms with Gasteiger partial charge in [0.1, 0.15) is 17.0 Å². The van der Waals surface area contributed by atoms with Crippen LogP contribution >= 0.6 is 0 Å². The van der Waals surface area contributed by atoms with E-state index in [1.165, 1.54) is 18.7 Å². The summed E-state index contributed by atoms with van der Waals surface area (Å²) in [5.41, 5.74) is 1.10. The highest BCUT2D eigenvalue weighted by Gasteiger charge is 2.46. The highest BCUT2D eigenvalue weighted by molar-refractivity contribution is 7.79. The zero-order chi connectivity index (χ0) is 22.3. The van der Waals surface area contributed by atoms with Crippen LogP contribution in [-0.2, 0) is 21.4 Å². The summed E-state index contributed by atoms with van der Waals surface area (Å²) >= 11 is -2.12. The van der Waals surface area contributed by atoms with Crippen LogP contribution in [0, 0.1) is 0 Å². The average molecular weight is 456 g/mol. The van der Waals surface area contributed by atoms with Gasteiger partial charge in [0.25, 0.3) is 0 Å². The standard InChI is InChI=1S/C21H25N7O3S/c1-3-27-17-11-14-12-23-20(24-15-7-8-16(22-13-15)32(29)30)25-18(14)28(17)21(19(26-27)31-2)9-5-4-6-10-21/h7-8,11-13H,3-6,9-10H2,1-2H3,(H,29,30)(H,23,24,25). The van der Waals surface area contributed by atoms with E-state index in [2.05, 4.69) is 32.8 Å². The summed E-state index contributed by atoms with van der Waals surface area (Å²) in [7, 11) is 1.69. The molecule has 0 radical (unpaired) electrons. The first-order valence-electron chi connectivity index (χ1n) is 10.7. The molecule has 10 nitrogen and oxygen atoms in total. The molecule has 4 heterocycles. The Labute approximate surface area is 188 Å². The zero-order valence-corrected chi connectivity index (χ0v) is 18.8. The van der Waals surface area contributed by atoms with Crippen molar-refractivity contribution in [1.82, 2.24) is 19.5 Å².